The van der Waals surface area contributed by atoms with Gasteiger partial charge in [-0.2, -0.15) is 13.2 Å². The van der Waals surface area contributed by atoms with Gasteiger partial charge in [0.2, 0.25) is 0 Å². The molecule has 3 nitrogen and oxygen atoms in total. The second-order valence-electron chi connectivity index (χ2n) is 5.22. The van der Waals surface area contributed by atoms with Gasteiger partial charge in [0.25, 0.3) is 0 Å². The van der Waals surface area contributed by atoms with Gasteiger partial charge in [-0.05, 0) is 25.7 Å². The second kappa shape index (κ2) is 5.47. The lowest BCUT2D eigenvalue weighted by atomic mass is 10.0. The minimum Gasteiger partial charge on any atom is -0.345 e. The molecule has 104 valence electrons. The van der Waals surface area contributed by atoms with Crippen LogP contribution in [0.1, 0.15) is 38.5 Å². The number of nitrogens with zero attached hydrogens (tertiary/aromatic N) is 1. The van der Waals surface area contributed by atoms with Crippen LogP contribution >= 0.6 is 0 Å². The molecule has 1 heterocycles. The zero-order chi connectivity index (χ0) is 13.2. The van der Waals surface area contributed by atoms with Crippen molar-refractivity contribution >= 4 is 5.91 Å². The van der Waals surface area contributed by atoms with Crippen LogP contribution in [-0.2, 0) is 4.79 Å². The van der Waals surface area contributed by atoms with Crippen molar-refractivity contribution in [2.45, 2.75) is 56.8 Å². The molecule has 0 spiro atoms. The van der Waals surface area contributed by atoms with E-state index in [1.54, 1.807) is 0 Å². The standard InChI is InChI=1S/C12H19F3N2O/c13-12(14,15)11(18)16-9-5-7-17(8-6-9)10-3-1-2-4-10/h9-10H,1-8H2,(H,16,18). The van der Waals surface area contributed by atoms with Crippen molar-refractivity contribution in [3.05, 3.63) is 0 Å². The van der Waals surface area contributed by atoms with Gasteiger partial charge in [0.1, 0.15) is 0 Å². The predicted molar refractivity (Wildman–Crippen MR) is 61.0 cm³/mol. The van der Waals surface area contributed by atoms with Gasteiger partial charge in [-0.25, -0.2) is 0 Å². The number of amides is 1. The van der Waals surface area contributed by atoms with Crippen LogP contribution < -0.4 is 5.32 Å². The molecule has 1 saturated carbocycles. The lowest BCUT2D eigenvalue weighted by Gasteiger charge is -2.36. The number of halogens is 3. The van der Waals surface area contributed by atoms with Crippen molar-refractivity contribution in [1.82, 2.24) is 10.2 Å². The average molecular weight is 264 g/mol. The van der Waals surface area contributed by atoms with Gasteiger partial charge in [-0.1, -0.05) is 12.8 Å². The maximum absolute atomic E-state index is 12.1. The van der Waals surface area contributed by atoms with E-state index in [1.807, 2.05) is 0 Å². The number of alkyl halides is 3. The number of carbonyl (C=O) groups is 1. The molecule has 0 atom stereocenters. The highest BCUT2D eigenvalue weighted by atomic mass is 19.4. The van der Waals surface area contributed by atoms with Gasteiger partial charge in [-0.3, -0.25) is 4.79 Å². The Morgan fingerprint density at radius 3 is 2.11 bits per heavy atom. The maximum atomic E-state index is 12.1. The number of carbonyl (C=O) groups excluding carboxylic acids is 1. The molecule has 0 aromatic heterocycles. The molecule has 1 N–H and O–H groups in total. The van der Waals surface area contributed by atoms with E-state index in [1.165, 1.54) is 25.7 Å². The van der Waals surface area contributed by atoms with E-state index in [9.17, 15) is 18.0 Å². The molecule has 1 amide bonds. The molecule has 1 aliphatic carbocycles. The van der Waals surface area contributed by atoms with Crippen LogP contribution in [0, 0.1) is 0 Å². The Labute approximate surface area is 105 Å². The van der Waals surface area contributed by atoms with E-state index >= 15 is 0 Å². The summed E-state index contributed by atoms with van der Waals surface area (Å²) in [6.07, 6.45) is 1.42. The third-order valence-corrected chi connectivity index (χ3v) is 3.96. The zero-order valence-electron chi connectivity index (χ0n) is 10.3. The first kappa shape index (κ1) is 13.6. The highest BCUT2D eigenvalue weighted by Crippen LogP contribution is 2.26. The quantitative estimate of drug-likeness (QED) is 0.828. The Balaban J connectivity index is 1.74. The van der Waals surface area contributed by atoms with Crippen molar-refractivity contribution < 1.29 is 18.0 Å². The molecule has 0 radical (unpaired) electrons. The Bertz CT molecular complexity index is 292. The topological polar surface area (TPSA) is 32.3 Å². The first-order valence-electron chi connectivity index (χ1n) is 6.58. The molecular formula is C12H19F3N2O. The molecular weight excluding hydrogens is 245 g/mol. The lowest BCUT2D eigenvalue weighted by Crippen LogP contribution is -2.50. The third-order valence-electron chi connectivity index (χ3n) is 3.96. The fourth-order valence-corrected chi connectivity index (χ4v) is 2.95. The summed E-state index contributed by atoms with van der Waals surface area (Å²) < 4.78 is 36.3. The van der Waals surface area contributed by atoms with Crippen LogP contribution in [0.3, 0.4) is 0 Å². The van der Waals surface area contributed by atoms with Gasteiger partial charge in [0.15, 0.2) is 0 Å². The fraction of sp³-hybridized carbons (Fsp3) is 0.917. The van der Waals surface area contributed by atoms with Crippen molar-refractivity contribution in [3.8, 4) is 0 Å². The number of hydrogen-bond acceptors (Lipinski definition) is 2. The van der Waals surface area contributed by atoms with Gasteiger partial charge in [0.05, 0.1) is 0 Å². The van der Waals surface area contributed by atoms with E-state index in [2.05, 4.69) is 10.2 Å². The lowest BCUT2D eigenvalue weighted by molar-refractivity contribution is -0.174. The van der Waals surface area contributed by atoms with Crippen molar-refractivity contribution in [3.63, 3.8) is 0 Å². The molecule has 0 aromatic rings. The summed E-state index contributed by atoms with van der Waals surface area (Å²) in [6.45, 7) is 1.60. The van der Waals surface area contributed by atoms with E-state index in [0.717, 1.165) is 13.1 Å². The minimum absolute atomic E-state index is 0.322. The van der Waals surface area contributed by atoms with Gasteiger partial charge < -0.3 is 10.2 Å². The average Bonchev–Trinajstić information content (AvgIpc) is 2.82. The Hall–Kier alpha value is -0.780. The second-order valence-corrected chi connectivity index (χ2v) is 5.22. The third kappa shape index (κ3) is 3.37. The molecule has 1 saturated heterocycles. The normalized spacial score (nSPS) is 24.4. The van der Waals surface area contributed by atoms with Crippen LogP contribution in [-0.4, -0.2) is 42.2 Å². The summed E-state index contributed by atoms with van der Waals surface area (Å²) in [5.41, 5.74) is 0. The molecule has 2 aliphatic rings. The summed E-state index contributed by atoms with van der Waals surface area (Å²) in [6, 6.07) is 0.293. The highest BCUT2D eigenvalue weighted by Gasteiger charge is 2.40. The maximum Gasteiger partial charge on any atom is 0.471 e. The van der Waals surface area contributed by atoms with Crippen LogP contribution in [0.2, 0.25) is 0 Å². The van der Waals surface area contributed by atoms with Crippen LogP contribution in [0.25, 0.3) is 0 Å². The van der Waals surface area contributed by atoms with Gasteiger partial charge in [-0.15, -0.1) is 0 Å². The summed E-state index contributed by atoms with van der Waals surface area (Å²) in [5.74, 6) is -1.80. The molecule has 0 unspecified atom stereocenters. The Morgan fingerprint density at radius 1 is 1.06 bits per heavy atom. The van der Waals surface area contributed by atoms with Gasteiger partial charge >= 0.3 is 12.1 Å². The van der Waals surface area contributed by atoms with Crippen molar-refractivity contribution in [2.24, 2.45) is 0 Å². The largest absolute Gasteiger partial charge is 0.471 e. The zero-order valence-corrected chi connectivity index (χ0v) is 10.3. The summed E-state index contributed by atoms with van der Waals surface area (Å²) in [7, 11) is 0. The number of rotatable bonds is 2. The molecule has 2 rings (SSSR count). The van der Waals surface area contributed by atoms with E-state index in [0.29, 0.717) is 18.9 Å². The van der Waals surface area contributed by atoms with Crippen molar-refractivity contribution in [2.75, 3.05) is 13.1 Å². The smallest absolute Gasteiger partial charge is 0.345 e. The Morgan fingerprint density at radius 2 is 1.61 bits per heavy atom. The van der Waals surface area contributed by atoms with Crippen LogP contribution in [0.15, 0.2) is 0 Å². The van der Waals surface area contributed by atoms with E-state index in [-0.39, 0.29) is 6.04 Å². The van der Waals surface area contributed by atoms with Crippen LogP contribution in [0.5, 0.6) is 0 Å². The molecule has 0 bridgehead atoms. The monoisotopic (exact) mass is 264 g/mol. The summed E-state index contributed by atoms with van der Waals surface area (Å²) in [4.78, 5) is 13.2. The first-order chi connectivity index (χ1) is 8.47. The van der Waals surface area contributed by atoms with Gasteiger partial charge in [0, 0.05) is 25.2 Å². The first-order valence-corrected chi connectivity index (χ1v) is 6.58. The summed E-state index contributed by atoms with van der Waals surface area (Å²) in [5, 5.41) is 2.08. The van der Waals surface area contributed by atoms with E-state index < -0.39 is 12.1 Å². The molecule has 18 heavy (non-hydrogen) atoms. The van der Waals surface area contributed by atoms with Crippen molar-refractivity contribution in [1.29, 1.82) is 0 Å². The highest BCUT2D eigenvalue weighted by molar-refractivity contribution is 5.81. The fourth-order valence-electron chi connectivity index (χ4n) is 2.95. The Kier molecular flexibility index (Phi) is 4.14. The number of piperidine rings is 1. The number of likely N-dealkylation sites (tertiary alicyclic amines) is 1. The van der Waals surface area contributed by atoms with E-state index in [4.69, 9.17) is 0 Å². The molecule has 6 heteroatoms. The number of nitrogens with one attached hydrogen (secondary N) is 1. The minimum atomic E-state index is -4.76. The molecule has 0 aromatic carbocycles. The molecule has 2 fully saturated rings. The predicted octanol–water partition coefficient (Wildman–Crippen LogP) is 2.07. The molecule has 1 aliphatic heterocycles. The van der Waals surface area contributed by atoms with Crippen LogP contribution in [0.4, 0.5) is 13.2 Å². The number of hydrogen-bond donors (Lipinski definition) is 1. The SMILES string of the molecule is O=C(NC1CCN(C2CCCC2)CC1)C(F)(F)F. The summed E-state index contributed by atoms with van der Waals surface area (Å²) >= 11 is 0.